The van der Waals surface area contributed by atoms with Gasteiger partial charge in [0.15, 0.2) is 5.84 Å². The Labute approximate surface area is 90.6 Å². The largest absolute Gasteiger partial charge is 0.281 e. The van der Waals surface area contributed by atoms with E-state index in [1.807, 2.05) is 24.3 Å². The van der Waals surface area contributed by atoms with Crippen LogP contribution < -0.4 is 0 Å². The lowest BCUT2D eigenvalue weighted by Gasteiger charge is -2.23. The Morgan fingerprint density at radius 1 is 1.27 bits per heavy atom. The van der Waals surface area contributed by atoms with Crippen LogP contribution in [0.15, 0.2) is 50.3 Å². The normalized spacial score (nSPS) is 17.8. The van der Waals surface area contributed by atoms with Gasteiger partial charge in [-0.05, 0) is 12.1 Å². The van der Waals surface area contributed by atoms with Gasteiger partial charge in [-0.1, -0.05) is 23.9 Å². The van der Waals surface area contributed by atoms with Gasteiger partial charge in [-0.2, -0.15) is 5.06 Å². The van der Waals surface area contributed by atoms with E-state index in [0.29, 0.717) is 5.84 Å². The Balaban J connectivity index is 2.16. The average Bonchev–Trinajstić information content (AvgIpc) is 2.27. The van der Waals surface area contributed by atoms with Crippen molar-refractivity contribution in [2.24, 2.45) is 9.98 Å². The Hall–Kier alpha value is -1.59. The zero-order valence-corrected chi connectivity index (χ0v) is 8.48. The molecule has 1 N–H and O–H groups in total. The van der Waals surface area contributed by atoms with E-state index >= 15 is 0 Å². The minimum absolute atomic E-state index is 0.536. The first-order chi connectivity index (χ1) is 7.34. The highest BCUT2D eigenvalue weighted by Gasteiger charge is 2.23. The third-order valence-electron chi connectivity index (χ3n) is 2.12. The number of para-hydroxylation sites is 1. The van der Waals surface area contributed by atoms with Crippen LogP contribution in [-0.4, -0.2) is 22.4 Å². The molecule has 2 aliphatic heterocycles. The van der Waals surface area contributed by atoms with Crippen molar-refractivity contribution in [1.29, 1.82) is 0 Å². The Morgan fingerprint density at radius 3 is 3.07 bits per heavy atom. The van der Waals surface area contributed by atoms with Crippen molar-refractivity contribution in [3.63, 3.8) is 0 Å². The molecule has 0 unspecified atom stereocenters. The van der Waals surface area contributed by atoms with Crippen LogP contribution >= 0.6 is 11.8 Å². The summed E-state index contributed by atoms with van der Waals surface area (Å²) in [6.07, 6.45) is 3.03. The van der Waals surface area contributed by atoms with E-state index in [1.165, 1.54) is 6.34 Å². The smallest absolute Gasteiger partial charge is 0.175 e. The summed E-state index contributed by atoms with van der Waals surface area (Å²) in [5.41, 5.74) is 0.879. The van der Waals surface area contributed by atoms with Crippen LogP contribution in [0.4, 0.5) is 5.69 Å². The molecule has 0 aliphatic carbocycles. The number of amidine groups is 1. The molecule has 0 saturated carbocycles. The molecule has 15 heavy (non-hydrogen) atoms. The molecule has 5 heteroatoms. The quantitative estimate of drug-likeness (QED) is 0.725. The van der Waals surface area contributed by atoms with Gasteiger partial charge in [-0.15, -0.1) is 0 Å². The second-order valence-corrected chi connectivity index (χ2v) is 4.19. The number of nitrogens with zero attached hydrogens (tertiary/aromatic N) is 3. The summed E-state index contributed by atoms with van der Waals surface area (Å²) in [5, 5.41) is 10.5. The van der Waals surface area contributed by atoms with Crippen LogP contribution in [0.2, 0.25) is 0 Å². The molecule has 0 spiro atoms. The van der Waals surface area contributed by atoms with Gasteiger partial charge < -0.3 is 0 Å². The maximum absolute atomic E-state index is 9.53. The molecule has 0 saturated heterocycles. The van der Waals surface area contributed by atoms with Crippen molar-refractivity contribution in [3.05, 3.63) is 35.4 Å². The zero-order chi connectivity index (χ0) is 10.3. The number of aliphatic imine (C=N–C) groups is 2. The van der Waals surface area contributed by atoms with Crippen molar-refractivity contribution in [3.8, 4) is 0 Å². The van der Waals surface area contributed by atoms with Crippen LogP contribution in [0.5, 0.6) is 0 Å². The SMILES string of the molecule is ON1C=NC=C2Sc3ccccc3N=C21. The van der Waals surface area contributed by atoms with Crippen molar-refractivity contribution in [2.75, 3.05) is 0 Å². The number of rotatable bonds is 0. The van der Waals surface area contributed by atoms with Gasteiger partial charge in [-0.3, -0.25) is 5.21 Å². The molecule has 0 aromatic heterocycles. The van der Waals surface area contributed by atoms with E-state index in [1.54, 1.807) is 18.0 Å². The van der Waals surface area contributed by atoms with Gasteiger partial charge in [0.25, 0.3) is 0 Å². The van der Waals surface area contributed by atoms with Crippen molar-refractivity contribution in [1.82, 2.24) is 5.06 Å². The molecular weight excluding hydrogens is 210 g/mol. The Kier molecular flexibility index (Phi) is 1.87. The van der Waals surface area contributed by atoms with E-state index in [9.17, 15) is 5.21 Å². The summed E-state index contributed by atoms with van der Waals surface area (Å²) in [6.45, 7) is 0. The first-order valence-electron chi connectivity index (χ1n) is 4.42. The van der Waals surface area contributed by atoms with Crippen LogP contribution in [0.1, 0.15) is 0 Å². The van der Waals surface area contributed by atoms with Crippen LogP contribution in [0.3, 0.4) is 0 Å². The molecule has 0 bridgehead atoms. The molecule has 4 nitrogen and oxygen atoms in total. The van der Waals surface area contributed by atoms with E-state index in [0.717, 1.165) is 20.6 Å². The highest BCUT2D eigenvalue weighted by atomic mass is 32.2. The number of thioether (sulfide) groups is 1. The fourth-order valence-corrected chi connectivity index (χ4v) is 2.38. The van der Waals surface area contributed by atoms with Gasteiger partial charge in [0.1, 0.15) is 6.34 Å². The molecular formula is C10H7N3OS. The standard InChI is InChI=1S/C10H7N3OS/c14-13-6-11-5-9-10(13)12-7-3-1-2-4-8(7)15-9/h1-6,14H. The summed E-state index contributed by atoms with van der Waals surface area (Å²) in [6, 6.07) is 7.82. The highest BCUT2D eigenvalue weighted by molar-refractivity contribution is 8.04. The van der Waals surface area contributed by atoms with Gasteiger partial charge in [-0.25, -0.2) is 9.98 Å². The molecule has 3 rings (SSSR count). The van der Waals surface area contributed by atoms with E-state index in [2.05, 4.69) is 9.98 Å². The maximum atomic E-state index is 9.53. The monoisotopic (exact) mass is 217 g/mol. The summed E-state index contributed by atoms with van der Waals surface area (Å²) >= 11 is 1.56. The number of hydroxylamine groups is 2. The lowest BCUT2D eigenvalue weighted by molar-refractivity contribution is 0.0699. The highest BCUT2D eigenvalue weighted by Crippen LogP contribution is 2.40. The first kappa shape index (κ1) is 8.70. The summed E-state index contributed by atoms with van der Waals surface area (Å²) < 4.78 is 0. The van der Waals surface area contributed by atoms with E-state index in [-0.39, 0.29) is 0 Å². The van der Waals surface area contributed by atoms with Gasteiger partial charge in [0.2, 0.25) is 0 Å². The molecule has 0 fully saturated rings. The van der Waals surface area contributed by atoms with E-state index in [4.69, 9.17) is 0 Å². The minimum atomic E-state index is 0.536. The van der Waals surface area contributed by atoms with Gasteiger partial charge in [0, 0.05) is 11.1 Å². The van der Waals surface area contributed by atoms with Gasteiger partial charge >= 0.3 is 0 Å². The van der Waals surface area contributed by atoms with E-state index < -0.39 is 0 Å². The number of hydrogen-bond acceptors (Lipinski definition) is 5. The Morgan fingerprint density at radius 2 is 2.13 bits per heavy atom. The lowest BCUT2D eigenvalue weighted by atomic mass is 10.3. The molecule has 0 amide bonds. The second kappa shape index (κ2) is 3.22. The number of fused-ring (bicyclic) bond motifs is 2. The second-order valence-electron chi connectivity index (χ2n) is 3.11. The molecule has 74 valence electrons. The predicted octanol–water partition coefficient (Wildman–Crippen LogP) is 2.40. The number of benzene rings is 1. The van der Waals surface area contributed by atoms with Crippen molar-refractivity contribution in [2.45, 2.75) is 4.90 Å². The maximum Gasteiger partial charge on any atom is 0.175 e. The molecule has 2 heterocycles. The topological polar surface area (TPSA) is 48.2 Å². The lowest BCUT2D eigenvalue weighted by Crippen LogP contribution is -2.29. The molecule has 0 atom stereocenters. The van der Waals surface area contributed by atoms with Crippen molar-refractivity contribution >= 4 is 29.6 Å². The van der Waals surface area contributed by atoms with Crippen LogP contribution in [0.25, 0.3) is 0 Å². The molecule has 1 aromatic rings. The first-order valence-corrected chi connectivity index (χ1v) is 5.24. The third-order valence-corrected chi connectivity index (χ3v) is 3.19. The van der Waals surface area contributed by atoms with Crippen molar-refractivity contribution < 1.29 is 5.21 Å². The summed E-state index contributed by atoms with van der Waals surface area (Å²) in [7, 11) is 0. The average molecular weight is 217 g/mol. The number of hydrogen-bond donors (Lipinski definition) is 1. The molecule has 2 aliphatic rings. The fraction of sp³-hybridized carbons (Fsp3) is 0. The van der Waals surface area contributed by atoms with Gasteiger partial charge in [0.05, 0.1) is 10.6 Å². The van der Waals surface area contributed by atoms with Crippen LogP contribution in [-0.2, 0) is 0 Å². The van der Waals surface area contributed by atoms with Crippen LogP contribution in [0, 0.1) is 0 Å². The zero-order valence-electron chi connectivity index (χ0n) is 7.66. The summed E-state index contributed by atoms with van der Waals surface area (Å²) in [4.78, 5) is 10.2. The minimum Gasteiger partial charge on any atom is -0.281 e. The summed E-state index contributed by atoms with van der Waals surface area (Å²) in [5.74, 6) is 0.536. The predicted molar refractivity (Wildman–Crippen MR) is 59.6 cm³/mol. The Bertz CT molecular complexity index is 507. The fourth-order valence-electron chi connectivity index (χ4n) is 1.44. The molecule has 0 radical (unpaired) electrons. The molecule has 1 aromatic carbocycles. The third kappa shape index (κ3) is 1.36.